The second kappa shape index (κ2) is 9.05. The number of benzene rings is 2. The van der Waals surface area contributed by atoms with Crippen LogP contribution in [0.3, 0.4) is 0 Å². The molecule has 154 valence electrons. The Kier molecular flexibility index (Phi) is 6.05. The Labute approximate surface area is 177 Å². The fourth-order valence-corrected chi connectivity index (χ4v) is 3.97. The molecule has 1 saturated heterocycles. The molecule has 4 rings (SSSR count). The van der Waals surface area contributed by atoms with Gasteiger partial charge in [-0.3, -0.25) is 4.90 Å². The molecule has 1 aromatic heterocycles. The monoisotopic (exact) mass is 402 g/mol. The van der Waals surface area contributed by atoms with Gasteiger partial charge >= 0.3 is 5.97 Å². The van der Waals surface area contributed by atoms with E-state index in [1.54, 1.807) is 6.07 Å². The summed E-state index contributed by atoms with van der Waals surface area (Å²) in [6, 6.07) is 23.1. The maximum Gasteiger partial charge on any atom is 0.356 e. The second-order valence-corrected chi connectivity index (χ2v) is 7.43. The highest BCUT2D eigenvalue weighted by atomic mass is 16.5. The third-order valence-corrected chi connectivity index (χ3v) is 5.43. The van der Waals surface area contributed by atoms with Crippen molar-refractivity contribution in [2.24, 2.45) is 0 Å². The summed E-state index contributed by atoms with van der Waals surface area (Å²) in [4.78, 5) is 25.5. The summed E-state index contributed by atoms with van der Waals surface area (Å²) in [5.41, 5.74) is 3.64. The summed E-state index contributed by atoms with van der Waals surface area (Å²) in [5, 5.41) is 0. The van der Waals surface area contributed by atoms with E-state index in [0.29, 0.717) is 11.6 Å². The molecular weight excluding hydrogens is 376 g/mol. The summed E-state index contributed by atoms with van der Waals surface area (Å²) in [7, 11) is 1.37. The number of aromatic nitrogens is 2. The highest BCUT2D eigenvalue weighted by Gasteiger charge is 2.27. The first-order chi connectivity index (χ1) is 14.7. The first-order valence-corrected chi connectivity index (χ1v) is 10.2. The van der Waals surface area contributed by atoms with Gasteiger partial charge in [-0.25, -0.2) is 14.8 Å². The average Bonchev–Trinajstić information content (AvgIpc) is 2.80. The maximum absolute atomic E-state index is 11.9. The molecule has 1 fully saturated rings. The van der Waals surface area contributed by atoms with Crippen LogP contribution in [0.4, 0.5) is 5.95 Å². The molecule has 1 aliphatic heterocycles. The van der Waals surface area contributed by atoms with Gasteiger partial charge in [0.05, 0.1) is 13.2 Å². The number of carbonyl (C=O) groups is 1. The molecule has 0 unspecified atom stereocenters. The van der Waals surface area contributed by atoms with Crippen LogP contribution in [0.2, 0.25) is 0 Å². The Bertz CT molecular complexity index is 947. The molecule has 1 aliphatic rings. The van der Waals surface area contributed by atoms with E-state index in [-0.39, 0.29) is 6.04 Å². The standard InChI is InChI=1S/C24H26N4O2/c1-18-17-21(23(29)30-2)26-24(25-18)28-15-13-27(14-16-28)22(19-9-5-3-6-10-19)20-11-7-4-8-12-20/h3-12,17,22H,13-16H2,1-2H3. The van der Waals surface area contributed by atoms with Gasteiger partial charge < -0.3 is 9.64 Å². The number of methoxy groups -OCH3 is 1. The highest BCUT2D eigenvalue weighted by molar-refractivity contribution is 5.87. The molecule has 0 amide bonds. The van der Waals surface area contributed by atoms with Crippen molar-refractivity contribution in [3.8, 4) is 0 Å². The molecule has 6 heteroatoms. The van der Waals surface area contributed by atoms with Crippen molar-refractivity contribution in [1.29, 1.82) is 0 Å². The predicted octanol–water partition coefficient (Wildman–Crippen LogP) is 3.48. The van der Waals surface area contributed by atoms with Gasteiger partial charge in [-0.15, -0.1) is 0 Å². The summed E-state index contributed by atoms with van der Waals surface area (Å²) < 4.78 is 4.82. The fourth-order valence-electron chi connectivity index (χ4n) is 3.97. The smallest absolute Gasteiger partial charge is 0.356 e. The van der Waals surface area contributed by atoms with Crippen LogP contribution in [0, 0.1) is 6.92 Å². The van der Waals surface area contributed by atoms with Gasteiger partial charge in [-0.2, -0.15) is 0 Å². The number of anilines is 1. The van der Waals surface area contributed by atoms with Gasteiger partial charge in [0, 0.05) is 31.9 Å². The Morgan fingerprint density at radius 1 is 0.900 bits per heavy atom. The van der Waals surface area contributed by atoms with Crippen molar-refractivity contribution in [2.45, 2.75) is 13.0 Å². The Hall–Kier alpha value is -3.25. The van der Waals surface area contributed by atoms with E-state index >= 15 is 0 Å². The molecule has 0 saturated carbocycles. The number of esters is 1. The molecule has 6 nitrogen and oxygen atoms in total. The number of rotatable bonds is 5. The van der Waals surface area contributed by atoms with E-state index < -0.39 is 5.97 Å². The molecule has 30 heavy (non-hydrogen) atoms. The average molecular weight is 402 g/mol. The van der Waals surface area contributed by atoms with Crippen molar-refractivity contribution >= 4 is 11.9 Å². The molecule has 0 bridgehead atoms. The zero-order valence-electron chi connectivity index (χ0n) is 17.4. The molecule has 3 aromatic rings. The Morgan fingerprint density at radius 3 is 2.00 bits per heavy atom. The van der Waals surface area contributed by atoms with Crippen molar-refractivity contribution < 1.29 is 9.53 Å². The van der Waals surface area contributed by atoms with Crippen molar-refractivity contribution in [3.05, 3.63) is 89.2 Å². The molecule has 2 heterocycles. The molecule has 2 aromatic carbocycles. The van der Waals surface area contributed by atoms with Crippen LogP contribution in [0.15, 0.2) is 66.7 Å². The lowest BCUT2D eigenvalue weighted by molar-refractivity contribution is 0.0593. The van der Waals surface area contributed by atoms with Crippen LogP contribution in [0.5, 0.6) is 0 Å². The van der Waals surface area contributed by atoms with Crippen LogP contribution in [-0.2, 0) is 4.74 Å². The SMILES string of the molecule is COC(=O)c1cc(C)nc(N2CCN(C(c3ccccc3)c3ccccc3)CC2)n1. The molecular formula is C24H26N4O2. The molecule has 0 atom stereocenters. The first-order valence-electron chi connectivity index (χ1n) is 10.2. The van der Waals surface area contributed by atoms with Gasteiger partial charge in [0.1, 0.15) is 0 Å². The molecule has 0 spiro atoms. The minimum Gasteiger partial charge on any atom is -0.464 e. The Balaban J connectivity index is 1.54. The lowest BCUT2D eigenvalue weighted by atomic mass is 9.96. The number of nitrogens with zero attached hydrogens (tertiary/aromatic N) is 4. The topological polar surface area (TPSA) is 58.6 Å². The van der Waals surface area contributed by atoms with Gasteiger partial charge in [0.15, 0.2) is 5.69 Å². The summed E-state index contributed by atoms with van der Waals surface area (Å²) in [6.07, 6.45) is 0. The minimum atomic E-state index is -0.436. The number of ether oxygens (including phenoxy) is 1. The quantitative estimate of drug-likeness (QED) is 0.609. The molecule has 0 N–H and O–H groups in total. The molecule has 0 radical (unpaired) electrons. The van der Waals surface area contributed by atoms with Crippen molar-refractivity contribution in [2.75, 3.05) is 38.2 Å². The van der Waals surface area contributed by atoms with Gasteiger partial charge in [-0.1, -0.05) is 60.7 Å². The number of hydrogen-bond acceptors (Lipinski definition) is 6. The third kappa shape index (κ3) is 4.33. The fraction of sp³-hybridized carbons (Fsp3) is 0.292. The third-order valence-electron chi connectivity index (χ3n) is 5.43. The van der Waals surface area contributed by atoms with Gasteiger partial charge in [0.2, 0.25) is 5.95 Å². The first kappa shape index (κ1) is 20.0. The van der Waals surface area contributed by atoms with E-state index in [2.05, 4.69) is 80.4 Å². The number of carbonyl (C=O) groups excluding carboxylic acids is 1. The maximum atomic E-state index is 11.9. The van der Waals surface area contributed by atoms with E-state index in [9.17, 15) is 4.79 Å². The van der Waals surface area contributed by atoms with Crippen LogP contribution in [0.1, 0.15) is 33.4 Å². The van der Waals surface area contributed by atoms with Crippen molar-refractivity contribution in [3.63, 3.8) is 0 Å². The summed E-state index contributed by atoms with van der Waals surface area (Å²) >= 11 is 0. The lowest BCUT2D eigenvalue weighted by Crippen LogP contribution is -2.48. The predicted molar refractivity (Wildman–Crippen MR) is 117 cm³/mol. The zero-order valence-corrected chi connectivity index (χ0v) is 17.4. The number of hydrogen-bond donors (Lipinski definition) is 0. The van der Waals surface area contributed by atoms with Gasteiger partial charge in [-0.05, 0) is 24.1 Å². The minimum absolute atomic E-state index is 0.207. The number of piperazine rings is 1. The van der Waals surface area contributed by atoms with E-state index in [0.717, 1.165) is 31.9 Å². The largest absolute Gasteiger partial charge is 0.464 e. The number of aryl methyl sites for hydroxylation is 1. The second-order valence-electron chi connectivity index (χ2n) is 7.43. The van der Waals surface area contributed by atoms with Crippen molar-refractivity contribution in [1.82, 2.24) is 14.9 Å². The van der Waals surface area contributed by atoms with Crippen LogP contribution in [-0.4, -0.2) is 54.1 Å². The Morgan fingerprint density at radius 2 is 1.47 bits per heavy atom. The van der Waals surface area contributed by atoms with E-state index in [1.165, 1.54) is 18.2 Å². The summed E-state index contributed by atoms with van der Waals surface area (Å²) in [5.74, 6) is 0.152. The van der Waals surface area contributed by atoms with E-state index in [4.69, 9.17) is 4.74 Å². The highest BCUT2D eigenvalue weighted by Crippen LogP contribution is 2.30. The van der Waals surface area contributed by atoms with E-state index in [1.807, 2.05) is 6.92 Å². The van der Waals surface area contributed by atoms with Crippen LogP contribution >= 0.6 is 0 Å². The van der Waals surface area contributed by atoms with Crippen LogP contribution in [0.25, 0.3) is 0 Å². The van der Waals surface area contributed by atoms with Crippen LogP contribution < -0.4 is 4.90 Å². The molecule has 0 aliphatic carbocycles. The summed E-state index contributed by atoms with van der Waals surface area (Å²) in [6.45, 7) is 5.20. The lowest BCUT2D eigenvalue weighted by Gasteiger charge is -2.39. The zero-order chi connectivity index (χ0) is 20.9. The normalized spacial score (nSPS) is 14.7. The van der Waals surface area contributed by atoms with Gasteiger partial charge in [0.25, 0.3) is 0 Å².